The van der Waals surface area contributed by atoms with Crippen molar-refractivity contribution in [1.82, 2.24) is 9.13 Å². The maximum Gasteiger partial charge on any atom is 0.328 e. The zero-order chi connectivity index (χ0) is 18.3. The van der Waals surface area contributed by atoms with E-state index in [-0.39, 0.29) is 12.1 Å². The van der Waals surface area contributed by atoms with Gasteiger partial charge in [-0.3, -0.25) is 13.9 Å². The predicted molar refractivity (Wildman–Crippen MR) is 102 cm³/mol. The van der Waals surface area contributed by atoms with E-state index in [0.29, 0.717) is 23.2 Å². The molecule has 1 aromatic rings. The molecule has 1 aromatic heterocycles. The van der Waals surface area contributed by atoms with E-state index in [2.05, 4.69) is 6.08 Å². The normalized spacial score (nSPS) is 11.7. The molecule has 0 aliphatic heterocycles. The Morgan fingerprint density at radius 3 is 2.62 bits per heavy atom. The van der Waals surface area contributed by atoms with Gasteiger partial charge in [0.05, 0.1) is 5.69 Å². The number of nitrogens with two attached hydrogens (primary N) is 1. The van der Waals surface area contributed by atoms with Crippen LogP contribution < -0.4 is 11.4 Å². The second-order valence-corrected chi connectivity index (χ2v) is 7.35. The zero-order valence-electron chi connectivity index (χ0n) is 14.4. The van der Waals surface area contributed by atoms with E-state index in [0.717, 1.165) is 24.3 Å². The third-order valence-electron chi connectivity index (χ3n) is 3.74. The maximum absolute atomic E-state index is 12.0. The lowest BCUT2D eigenvalue weighted by molar-refractivity contribution is -0.137. The highest BCUT2D eigenvalue weighted by molar-refractivity contribution is 8.03. The van der Waals surface area contributed by atoms with E-state index in [9.17, 15) is 9.59 Å². The summed E-state index contributed by atoms with van der Waals surface area (Å²) in [7, 11) is 3.33. The van der Waals surface area contributed by atoms with Gasteiger partial charge in [-0.25, -0.2) is 4.79 Å². The number of allylic oxidation sites excluding steroid dienone is 2. The summed E-state index contributed by atoms with van der Waals surface area (Å²) in [6.45, 7) is 2.03. The molecule has 1 heterocycles. The van der Waals surface area contributed by atoms with Gasteiger partial charge in [0.1, 0.15) is 4.64 Å². The Morgan fingerprint density at radius 2 is 2.00 bits per heavy atom. The summed E-state index contributed by atoms with van der Waals surface area (Å²) >= 11 is 6.87. The molecule has 0 spiro atoms. The van der Waals surface area contributed by atoms with Crippen molar-refractivity contribution >= 4 is 35.6 Å². The number of carboxylic acids is 1. The summed E-state index contributed by atoms with van der Waals surface area (Å²) in [5.74, 6) is 0.0581. The first-order valence-corrected chi connectivity index (χ1v) is 9.20. The molecular formula is C16H25N3O3S2. The number of rotatable bonds is 9. The molecule has 0 fully saturated rings. The number of nitrogen functional groups attached to an aromatic ring is 1. The van der Waals surface area contributed by atoms with Crippen molar-refractivity contribution in [2.75, 3.05) is 11.5 Å². The first kappa shape index (κ1) is 20.5. The summed E-state index contributed by atoms with van der Waals surface area (Å²) < 4.78 is 3.32. The summed E-state index contributed by atoms with van der Waals surface area (Å²) in [4.78, 5) is 23.7. The molecule has 6 nitrogen and oxygen atoms in total. The van der Waals surface area contributed by atoms with Crippen molar-refractivity contribution < 1.29 is 9.90 Å². The number of carbonyl (C=O) groups is 1. The third-order valence-corrected chi connectivity index (χ3v) is 5.35. The van der Waals surface area contributed by atoms with Crippen LogP contribution >= 0.6 is 24.0 Å². The fourth-order valence-corrected chi connectivity index (χ4v) is 3.35. The Hall–Kier alpha value is -1.54. The second-order valence-electron chi connectivity index (χ2n) is 5.62. The largest absolute Gasteiger partial charge is 0.481 e. The summed E-state index contributed by atoms with van der Waals surface area (Å²) in [6, 6.07) is 0. The van der Waals surface area contributed by atoms with Gasteiger partial charge in [-0.15, -0.1) is 11.8 Å². The highest BCUT2D eigenvalue weighted by Crippen LogP contribution is 2.19. The van der Waals surface area contributed by atoms with Crippen LogP contribution in [0.1, 0.15) is 38.3 Å². The van der Waals surface area contributed by atoms with Gasteiger partial charge in [-0.2, -0.15) is 0 Å². The molecule has 0 unspecified atom stereocenters. The van der Waals surface area contributed by atoms with Crippen LogP contribution in [0.25, 0.3) is 0 Å². The lowest BCUT2D eigenvalue weighted by Crippen LogP contribution is -2.31. The molecule has 134 valence electrons. The van der Waals surface area contributed by atoms with Crippen LogP contribution in [0, 0.1) is 4.64 Å². The molecule has 3 N–H and O–H groups in total. The van der Waals surface area contributed by atoms with Gasteiger partial charge in [0.2, 0.25) is 0 Å². The van der Waals surface area contributed by atoms with E-state index >= 15 is 0 Å². The van der Waals surface area contributed by atoms with Gasteiger partial charge in [0.25, 0.3) is 0 Å². The Labute approximate surface area is 151 Å². The minimum atomic E-state index is -0.752. The average molecular weight is 372 g/mol. The van der Waals surface area contributed by atoms with Crippen molar-refractivity contribution in [1.29, 1.82) is 0 Å². The fraction of sp³-hybridized carbons (Fsp3) is 0.562. The first-order valence-electron chi connectivity index (χ1n) is 7.81. The highest BCUT2D eigenvalue weighted by atomic mass is 32.2. The minimum Gasteiger partial charge on any atom is -0.481 e. The molecule has 0 saturated carbocycles. The zero-order valence-corrected chi connectivity index (χ0v) is 16.0. The Balaban J connectivity index is 2.54. The molecule has 0 amide bonds. The number of unbranched alkanes of at least 4 members (excludes halogenated alkanes) is 1. The summed E-state index contributed by atoms with van der Waals surface area (Å²) in [6.07, 6.45) is 5.45. The molecule has 0 saturated heterocycles. The Kier molecular flexibility index (Phi) is 8.27. The number of hydrogen-bond acceptors (Lipinski definition) is 5. The number of hydrogen-bond donors (Lipinski definition) is 2. The van der Waals surface area contributed by atoms with Crippen LogP contribution in [0.15, 0.2) is 15.8 Å². The van der Waals surface area contributed by atoms with Gasteiger partial charge in [0, 0.05) is 26.2 Å². The van der Waals surface area contributed by atoms with E-state index in [4.69, 9.17) is 23.1 Å². The van der Waals surface area contributed by atoms with Crippen molar-refractivity contribution in [2.45, 2.75) is 39.0 Å². The lowest BCUT2D eigenvalue weighted by atomic mass is 10.1. The molecule has 0 aliphatic carbocycles. The molecule has 0 aromatic carbocycles. The van der Waals surface area contributed by atoms with Crippen LogP contribution in [0.2, 0.25) is 0 Å². The van der Waals surface area contributed by atoms with Crippen LogP contribution in [0.3, 0.4) is 0 Å². The Morgan fingerprint density at radius 1 is 1.33 bits per heavy atom. The fourth-order valence-electron chi connectivity index (χ4n) is 2.30. The van der Waals surface area contributed by atoms with E-state index in [1.165, 1.54) is 9.47 Å². The molecule has 0 radical (unpaired) electrons. The van der Waals surface area contributed by atoms with Crippen LogP contribution in [0.4, 0.5) is 5.69 Å². The van der Waals surface area contributed by atoms with Crippen LogP contribution in [0.5, 0.6) is 0 Å². The maximum atomic E-state index is 12.0. The van der Waals surface area contributed by atoms with Crippen molar-refractivity contribution in [3.63, 3.8) is 0 Å². The highest BCUT2D eigenvalue weighted by Gasteiger charge is 2.09. The van der Waals surface area contributed by atoms with Crippen molar-refractivity contribution in [3.8, 4) is 0 Å². The molecule has 0 bridgehead atoms. The van der Waals surface area contributed by atoms with E-state index in [1.807, 2.05) is 6.92 Å². The average Bonchev–Trinajstić information content (AvgIpc) is 2.54. The van der Waals surface area contributed by atoms with Gasteiger partial charge < -0.3 is 10.8 Å². The van der Waals surface area contributed by atoms with Gasteiger partial charge >= 0.3 is 11.7 Å². The Bertz CT molecular complexity index is 698. The predicted octanol–water partition coefficient (Wildman–Crippen LogP) is 2.86. The number of aliphatic carboxylic acids is 1. The minimum absolute atomic E-state index is 0.162. The van der Waals surface area contributed by atoms with Crippen LogP contribution in [-0.4, -0.2) is 26.0 Å². The van der Waals surface area contributed by atoms with E-state index < -0.39 is 5.97 Å². The molecule has 0 aliphatic rings. The van der Waals surface area contributed by atoms with Crippen molar-refractivity contribution in [3.05, 3.63) is 31.8 Å². The van der Waals surface area contributed by atoms with Gasteiger partial charge in [0.15, 0.2) is 0 Å². The monoisotopic (exact) mass is 371 g/mol. The quantitative estimate of drug-likeness (QED) is 0.512. The number of nitrogens with zero attached hydrogens (tertiary/aromatic N) is 2. The number of aromatic nitrogens is 2. The molecule has 1 rings (SSSR count). The molecule has 0 atom stereocenters. The standard InChI is InChI=1S/C16H25N3O3S2/c1-11(24-10-6-9-13(20)21)7-4-5-8-12-14(17)15(23)19(3)16(22)18(12)2/h7H,4-6,8-10,17H2,1-3H3,(H,20,21)/b11-7-. The SMILES string of the molecule is C/C(=C/CCCc1c(N)c(=S)n(C)c(=O)n1C)SCCCC(=O)O. The second kappa shape index (κ2) is 9.68. The third kappa shape index (κ3) is 5.83. The lowest BCUT2D eigenvalue weighted by Gasteiger charge is -2.13. The smallest absolute Gasteiger partial charge is 0.328 e. The summed E-state index contributed by atoms with van der Waals surface area (Å²) in [5.41, 5.74) is 7.17. The summed E-state index contributed by atoms with van der Waals surface area (Å²) in [5, 5.41) is 8.59. The number of carboxylic acid groups (broad SMARTS) is 1. The van der Waals surface area contributed by atoms with Gasteiger partial charge in [-0.05, 0) is 43.3 Å². The number of thioether (sulfide) groups is 1. The first-order chi connectivity index (χ1) is 11.3. The molecular weight excluding hydrogens is 346 g/mol. The topological polar surface area (TPSA) is 90.2 Å². The van der Waals surface area contributed by atoms with E-state index in [1.54, 1.807) is 30.4 Å². The molecule has 24 heavy (non-hydrogen) atoms. The van der Waals surface area contributed by atoms with Gasteiger partial charge in [-0.1, -0.05) is 18.3 Å². The van der Waals surface area contributed by atoms with Crippen LogP contribution in [-0.2, 0) is 25.3 Å². The van der Waals surface area contributed by atoms with Crippen molar-refractivity contribution in [2.24, 2.45) is 14.1 Å². The molecule has 8 heteroatoms. The number of anilines is 1.